The number of aromatic nitrogens is 2. The van der Waals surface area contributed by atoms with Crippen molar-refractivity contribution in [3.05, 3.63) is 29.8 Å². The molecule has 1 aliphatic rings. The third-order valence-corrected chi connectivity index (χ3v) is 4.62. The number of benzene rings is 1. The van der Waals surface area contributed by atoms with Crippen LogP contribution in [-0.4, -0.2) is 40.2 Å². The zero-order valence-electron chi connectivity index (χ0n) is 13.1. The molecule has 1 unspecified atom stereocenters. The average molecular weight is 345 g/mol. The van der Waals surface area contributed by atoms with Crippen molar-refractivity contribution >= 4 is 28.4 Å². The van der Waals surface area contributed by atoms with E-state index in [0.717, 1.165) is 31.4 Å². The van der Waals surface area contributed by atoms with Crippen molar-refractivity contribution in [1.29, 1.82) is 0 Å². The van der Waals surface area contributed by atoms with E-state index in [0.29, 0.717) is 16.5 Å². The highest BCUT2D eigenvalue weighted by atomic mass is 32.1. The maximum absolute atomic E-state index is 12.1. The third-order valence-electron chi connectivity index (χ3n) is 3.94. The van der Waals surface area contributed by atoms with Gasteiger partial charge in [-0.3, -0.25) is 9.59 Å². The van der Waals surface area contributed by atoms with Gasteiger partial charge in [0.15, 0.2) is 11.6 Å². The monoisotopic (exact) mass is 345 g/mol. The fourth-order valence-electron chi connectivity index (χ4n) is 2.64. The smallest absolute Gasteiger partial charge is 0.248 e. The van der Waals surface area contributed by atoms with Gasteiger partial charge < -0.3 is 16.4 Å². The normalized spacial score (nSPS) is 17.4. The van der Waals surface area contributed by atoms with Crippen LogP contribution in [0.15, 0.2) is 24.3 Å². The van der Waals surface area contributed by atoms with Gasteiger partial charge in [0.25, 0.3) is 0 Å². The molecule has 0 saturated carbocycles. The lowest BCUT2D eigenvalue weighted by molar-refractivity contribution is -0.119. The summed E-state index contributed by atoms with van der Waals surface area (Å²) in [5.41, 5.74) is 6.42. The molecule has 7 nitrogen and oxygen atoms in total. The number of ketones is 1. The number of rotatable bonds is 6. The largest absolute Gasteiger partial charge is 0.366 e. The van der Waals surface area contributed by atoms with Crippen LogP contribution in [0.2, 0.25) is 0 Å². The lowest BCUT2D eigenvalue weighted by atomic mass is 10.0. The fraction of sp³-hybridized carbons (Fsp3) is 0.375. The molecule has 1 aromatic carbocycles. The summed E-state index contributed by atoms with van der Waals surface area (Å²) in [6.07, 6.45) is 3.10. The van der Waals surface area contributed by atoms with Crippen molar-refractivity contribution in [3.8, 4) is 11.4 Å². The van der Waals surface area contributed by atoms with Crippen LogP contribution in [0.4, 0.5) is 5.13 Å². The molecule has 0 bridgehead atoms. The Morgan fingerprint density at radius 3 is 3.00 bits per heavy atom. The minimum Gasteiger partial charge on any atom is -0.366 e. The van der Waals surface area contributed by atoms with Gasteiger partial charge in [-0.05, 0) is 31.5 Å². The highest BCUT2D eigenvalue weighted by Gasteiger charge is 2.20. The van der Waals surface area contributed by atoms with Gasteiger partial charge in [-0.15, -0.1) is 0 Å². The maximum atomic E-state index is 12.1. The quantitative estimate of drug-likeness (QED) is 0.730. The molecule has 8 heteroatoms. The first kappa shape index (κ1) is 16.5. The lowest BCUT2D eigenvalue weighted by Gasteiger charge is -2.22. The molecular weight excluding hydrogens is 326 g/mol. The predicted molar refractivity (Wildman–Crippen MR) is 93.0 cm³/mol. The van der Waals surface area contributed by atoms with E-state index in [2.05, 4.69) is 20.0 Å². The molecule has 2 aromatic rings. The number of hydrogen-bond acceptors (Lipinski definition) is 7. The van der Waals surface area contributed by atoms with Gasteiger partial charge in [-0.25, -0.2) is 0 Å². The van der Waals surface area contributed by atoms with Gasteiger partial charge in [0.05, 0.1) is 12.6 Å². The van der Waals surface area contributed by atoms with Crippen LogP contribution < -0.4 is 16.4 Å². The molecule has 1 amide bonds. The van der Waals surface area contributed by atoms with Crippen molar-refractivity contribution < 1.29 is 9.59 Å². The second-order valence-electron chi connectivity index (χ2n) is 5.69. The number of nitrogens with zero attached hydrogens (tertiary/aromatic N) is 2. The molecule has 1 aromatic heterocycles. The van der Waals surface area contributed by atoms with E-state index >= 15 is 0 Å². The Kier molecular flexibility index (Phi) is 5.17. The predicted octanol–water partition coefficient (Wildman–Crippen LogP) is 1.43. The number of nitrogens with two attached hydrogens (primary N) is 1. The summed E-state index contributed by atoms with van der Waals surface area (Å²) in [6, 6.07) is 6.79. The van der Waals surface area contributed by atoms with Crippen molar-refractivity contribution in [3.63, 3.8) is 0 Å². The molecule has 1 saturated heterocycles. The van der Waals surface area contributed by atoms with E-state index in [9.17, 15) is 9.59 Å². The Hall–Kier alpha value is -2.32. The van der Waals surface area contributed by atoms with Crippen LogP contribution in [0.3, 0.4) is 0 Å². The average Bonchev–Trinajstić information content (AvgIpc) is 3.09. The molecule has 0 radical (unpaired) electrons. The van der Waals surface area contributed by atoms with Gasteiger partial charge in [0.2, 0.25) is 11.0 Å². The second kappa shape index (κ2) is 7.50. The minimum atomic E-state index is -0.490. The Balaban J connectivity index is 1.62. The third kappa shape index (κ3) is 3.95. The SMILES string of the molecule is NC(=O)c1cccc(-c2nsc(NCC(=O)C3CCCCN3)n2)c1. The van der Waals surface area contributed by atoms with Crippen LogP contribution in [0.5, 0.6) is 0 Å². The number of hydrogen-bond donors (Lipinski definition) is 3. The van der Waals surface area contributed by atoms with E-state index < -0.39 is 5.91 Å². The Labute approximate surface area is 143 Å². The summed E-state index contributed by atoms with van der Waals surface area (Å²) >= 11 is 1.19. The van der Waals surface area contributed by atoms with Crippen molar-refractivity contribution in [1.82, 2.24) is 14.7 Å². The Morgan fingerprint density at radius 1 is 1.38 bits per heavy atom. The molecule has 4 N–H and O–H groups in total. The van der Waals surface area contributed by atoms with Gasteiger partial charge in [-0.2, -0.15) is 9.36 Å². The molecule has 0 spiro atoms. The van der Waals surface area contributed by atoms with Crippen LogP contribution in [0.25, 0.3) is 11.4 Å². The molecule has 126 valence electrons. The number of primary amides is 1. The molecule has 0 aliphatic carbocycles. The van der Waals surface area contributed by atoms with Crippen LogP contribution in [0.1, 0.15) is 29.6 Å². The Morgan fingerprint density at radius 2 is 2.25 bits per heavy atom. The fourth-order valence-corrected chi connectivity index (χ4v) is 3.22. The summed E-state index contributed by atoms with van der Waals surface area (Å²) in [7, 11) is 0. The summed E-state index contributed by atoms with van der Waals surface area (Å²) in [6.45, 7) is 1.13. The molecular formula is C16H19N5O2S. The van der Waals surface area contributed by atoms with Crippen molar-refractivity contribution in [2.75, 3.05) is 18.4 Å². The summed E-state index contributed by atoms with van der Waals surface area (Å²) < 4.78 is 4.27. The van der Waals surface area contributed by atoms with E-state index in [1.165, 1.54) is 11.5 Å². The van der Waals surface area contributed by atoms with E-state index in [1.54, 1.807) is 18.2 Å². The Bertz CT molecular complexity index is 740. The molecule has 1 fully saturated rings. The molecule has 3 rings (SSSR count). The maximum Gasteiger partial charge on any atom is 0.248 e. The number of carbonyl (C=O) groups is 2. The molecule has 1 atom stereocenters. The second-order valence-corrected chi connectivity index (χ2v) is 6.44. The summed E-state index contributed by atoms with van der Waals surface area (Å²) in [5, 5.41) is 6.85. The number of carbonyl (C=O) groups excluding carboxylic acids is 2. The molecule has 24 heavy (non-hydrogen) atoms. The highest BCUT2D eigenvalue weighted by Crippen LogP contribution is 2.22. The van der Waals surface area contributed by atoms with Crippen molar-refractivity contribution in [2.45, 2.75) is 25.3 Å². The number of Topliss-reactive ketones (excluding diaryl/α,β-unsaturated/α-hetero) is 1. The van der Waals surface area contributed by atoms with Gasteiger partial charge >= 0.3 is 0 Å². The number of nitrogens with one attached hydrogen (secondary N) is 2. The van der Waals surface area contributed by atoms with Crippen LogP contribution in [0, 0.1) is 0 Å². The molecule has 2 heterocycles. The van der Waals surface area contributed by atoms with Crippen molar-refractivity contribution in [2.24, 2.45) is 5.73 Å². The van der Waals surface area contributed by atoms with E-state index in [-0.39, 0.29) is 18.4 Å². The summed E-state index contributed by atoms with van der Waals surface area (Å²) in [4.78, 5) is 27.8. The first-order chi connectivity index (χ1) is 11.6. The molecule has 1 aliphatic heterocycles. The lowest BCUT2D eigenvalue weighted by Crippen LogP contribution is -2.42. The van der Waals surface area contributed by atoms with Crippen LogP contribution in [-0.2, 0) is 4.79 Å². The highest BCUT2D eigenvalue weighted by molar-refractivity contribution is 7.09. The van der Waals surface area contributed by atoms with Gasteiger partial charge in [0.1, 0.15) is 0 Å². The van der Waals surface area contributed by atoms with Crippen LogP contribution >= 0.6 is 11.5 Å². The van der Waals surface area contributed by atoms with Gasteiger partial charge in [-0.1, -0.05) is 18.6 Å². The topological polar surface area (TPSA) is 110 Å². The standard InChI is InChI=1S/C16H19N5O2S/c17-14(23)10-4-3-5-11(8-10)15-20-16(24-21-15)19-9-13(22)12-6-1-2-7-18-12/h3-5,8,12,18H,1-2,6-7,9H2,(H2,17,23)(H,19,20,21). The zero-order chi connectivity index (χ0) is 16.9. The first-order valence-electron chi connectivity index (χ1n) is 7.87. The first-order valence-corrected chi connectivity index (χ1v) is 8.65. The van der Waals surface area contributed by atoms with Gasteiger partial charge in [0, 0.05) is 22.7 Å². The number of amides is 1. The number of anilines is 1. The number of piperidine rings is 1. The minimum absolute atomic E-state index is 0.0640. The van der Waals surface area contributed by atoms with E-state index in [1.807, 2.05) is 6.07 Å². The zero-order valence-corrected chi connectivity index (χ0v) is 13.9. The van der Waals surface area contributed by atoms with E-state index in [4.69, 9.17) is 5.73 Å². The summed E-state index contributed by atoms with van der Waals surface area (Å²) in [5.74, 6) is 0.159.